The van der Waals surface area contributed by atoms with E-state index in [1.807, 2.05) is 27.7 Å². The average molecular weight is 276 g/mol. The van der Waals surface area contributed by atoms with Crippen LogP contribution in [0.3, 0.4) is 0 Å². The van der Waals surface area contributed by atoms with E-state index in [-0.39, 0.29) is 71.0 Å². The molecule has 96 valence electrons. The van der Waals surface area contributed by atoms with Crippen LogP contribution in [0.25, 0.3) is 0 Å². The Bertz CT molecular complexity index is 180. The maximum atomic E-state index is 10.1. The van der Waals surface area contributed by atoms with Gasteiger partial charge in [0.1, 0.15) is 0 Å². The molecule has 18 heavy (non-hydrogen) atoms. The molecule has 0 unspecified atom stereocenters. The molecule has 0 heterocycles. The number of hydrogen-bond donors (Lipinski definition) is 0. The van der Waals surface area contributed by atoms with Crippen LogP contribution in [-0.2, 0) is 9.59 Å². The fourth-order valence-electron chi connectivity index (χ4n) is 1.24. The van der Waals surface area contributed by atoms with Crippen LogP contribution < -0.4 is 69.3 Å². The minimum atomic E-state index is -0.921. The Labute approximate surface area is 154 Å². The number of carbonyl (C=O) groups excluding carboxylic acids is 2. The fourth-order valence-corrected chi connectivity index (χ4v) is 1.24. The van der Waals surface area contributed by atoms with Crippen molar-refractivity contribution in [2.75, 3.05) is 0 Å². The van der Waals surface area contributed by atoms with Gasteiger partial charge in [-0.15, -0.1) is 0 Å². The topological polar surface area (TPSA) is 80.3 Å². The van der Waals surface area contributed by atoms with Crippen LogP contribution in [0.4, 0.5) is 0 Å². The average Bonchev–Trinajstić information content (AvgIpc) is 2.21. The minimum absolute atomic E-state index is 0. The minimum Gasteiger partial charge on any atom is -0.550 e. The van der Waals surface area contributed by atoms with Crippen molar-refractivity contribution in [1.29, 1.82) is 0 Å². The van der Waals surface area contributed by atoms with Crippen molar-refractivity contribution in [2.45, 2.75) is 53.4 Å². The smallest absolute Gasteiger partial charge is 0.550 e. The van der Waals surface area contributed by atoms with Crippen LogP contribution in [-0.4, -0.2) is 11.9 Å². The second-order valence-electron chi connectivity index (χ2n) is 3.66. The van der Waals surface area contributed by atoms with Crippen LogP contribution in [0, 0.1) is 11.8 Å². The van der Waals surface area contributed by atoms with Crippen LogP contribution in [0.5, 0.6) is 0 Å². The molecule has 0 N–H and O–H groups in total. The molecule has 0 spiro atoms. The molecule has 0 aliphatic rings. The summed E-state index contributed by atoms with van der Waals surface area (Å²) in [5.41, 5.74) is 0. The van der Waals surface area contributed by atoms with E-state index in [1.54, 1.807) is 0 Å². The summed E-state index contributed by atoms with van der Waals surface area (Å²) in [6, 6.07) is 0. The Morgan fingerprint density at radius 3 is 0.889 bits per heavy atom. The van der Waals surface area contributed by atoms with E-state index < -0.39 is 11.9 Å². The maximum absolute atomic E-state index is 10.1. The van der Waals surface area contributed by atoms with Gasteiger partial charge in [-0.05, 0) is 37.5 Å². The molecule has 6 heteroatoms. The van der Waals surface area contributed by atoms with Gasteiger partial charge in [0.2, 0.25) is 0 Å². The maximum Gasteiger partial charge on any atom is 1.00 e. The summed E-state index contributed by atoms with van der Waals surface area (Å²) in [5.74, 6) is -2.32. The van der Waals surface area contributed by atoms with Crippen molar-refractivity contribution in [3.63, 3.8) is 0 Å². The third-order valence-electron chi connectivity index (χ3n) is 2.64. The molecule has 0 aromatic heterocycles. The van der Waals surface area contributed by atoms with E-state index >= 15 is 0 Å². The van der Waals surface area contributed by atoms with Crippen LogP contribution in [0.15, 0.2) is 0 Å². The predicted octanol–water partition coefficient (Wildman–Crippen LogP) is -5.65. The van der Waals surface area contributed by atoms with E-state index in [1.165, 1.54) is 0 Å². The second kappa shape index (κ2) is 17.9. The number of hydrogen-bond acceptors (Lipinski definition) is 4. The van der Waals surface area contributed by atoms with E-state index in [4.69, 9.17) is 0 Å². The van der Waals surface area contributed by atoms with Gasteiger partial charge in [0.25, 0.3) is 0 Å². The van der Waals surface area contributed by atoms with Gasteiger partial charge in [-0.3, -0.25) is 0 Å². The molecule has 0 amide bonds. The molecule has 0 fully saturated rings. The summed E-state index contributed by atoms with van der Waals surface area (Å²) in [5, 5.41) is 20.1. The quantitative estimate of drug-likeness (QED) is 0.453. The first-order chi connectivity index (χ1) is 7.44. The van der Waals surface area contributed by atoms with Gasteiger partial charge in [0.15, 0.2) is 0 Å². The molecule has 0 aliphatic carbocycles. The largest absolute Gasteiger partial charge is 1.00 e. The molecule has 0 bridgehead atoms. The molecule has 0 atom stereocenters. The molecule has 0 radical (unpaired) electrons. The first-order valence-electron chi connectivity index (χ1n) is 5.86. The Hall–Kier alpha value is 0.940. The molecule has 0 aromatic carbocycles. The van der Waals surface area contributed by atoms with Gasteiger partial charge >= 0.3 is 59.1 Å². The summed E-state index contributed by atoms with van der Waals surface area (Å²) in [7, 11) is 0. The van der Waals surface area contributed by atoms with Crippen molar-refractivity contribution in [3.05, 3.63) is 0 Å². The number of aliphatic carboxylic acids is 2. The van der Waals surface area contributed by atoms with Crippen LogP contribution >= 0.6 is 0 Å². The van der Waals surface area contributed by atoms with Gasteiger partial charge in [0, 0.05) is 11.9 Å². The first kappa shape index (κ1) is 27.3. The Balaban J connectivity index is -0.0000000980. The molecular formula is C12H22Na2O4. The first-order valence-corrected chi connectivity index (χ1v) is 5.86. The van der Waals surface area contributed by atoms with Gasteiger partial charge in [-0.25, -0.2) is 0 Å². The standard InChI is InChI=1S/2C6H12O2.2Na/c2*1-3-5(4-2)6(7)8;;/h2*5H,3-4H2,1-2H3,(H,7,8);;/q;;2*+1/p-2. The molecule has 0 rings (SSSR count). The molecule has 4 nitrogen and oxygen atoms in total. The Morgan fingerprint density at radius 1 is 0.722 bits per heavy atom. The molecule has 0 saturated carbocycles. The molecule has 0 aromatic rings. The Kier molecular flexibility index (Phi) is 27.2. The van der Waals surface area contributed by atoms with E-state index in [0.29, 0.717) is 25.7 Å². The van der Waals surface area contributed by atoms with Crippen molar-refractivity contribution >= 4 is 11.9 Å². The summed E-state index contributed by atoms with van der Waals surface area (Å²) in [4.78, 5) is 20.1. The molecule has 0 aliphatic heterocycles. The monoisotopic (exact) mass is 276 g/mol. The molecule has 0 saturated heterocycles. The second-order valence-corrected chi connectivity index (χ2v) is 3.66. The zero-order valence-electron chi connectivity index (χ0n) is 12.6. The predicted molar refractivity (Wildman–Crippen MR) is 58.2 cm³/mol. The van der Waals surface area contributed by atoms with Crippen LogP contribution in [0.2, 0.25) is 0 Å². The number of carbonyl (C=O) groups is 2. The summed E-state index contributed by atoms with van der Waals surface area (Å²) < 4.78 is 0. The number of carboxylic acids is 2. The van der Waals surface area contributed by atoms with Crippen molar-refractivity contribution in [3.8, 4) is 0 Å². The summed E-state index contributed by atoms with van der Waals surface area (Å²) >= 11 is 0. The number of carboxylic acid groups (broad SMARTS) is 2. The summed E-state index contributed by atoms with van der Waals surface area (Å²) in [6.07, 6.45) is 2.72. The number of rotatable bonds is 6. The fraction of sp³-hybridized carbons (Fsp3) is 0.833. The van der Waals surface area contributed by atoms with Gasteiger partial charge < -0.3 is 19.8 Å². The third kappa shape index (κ3) is 15.0. The van der Waals surface area contributed by atoms with Gasteiger partial charge in [0.05, 0.1) is 0 Å². The van der Waals surface area contributed by atoms with E-state index in [2.05, 4.69) is 0 Å². The summed E-state index contributed by atoms with van der Waals surface area (Å²) in [6.45, 7) is 7.40. The Morgan fingerprint density at radius 2 is 0.889 bits per heavy atom. The SMILES string of the molecule is CCC(CC)C(=O)[O-].CCC(CC)C(=O)[O-].[Na+].[Na+]. The van der Waals surface area contributed by atoms with Crippen LogP contribution in [0.1, 0.15) is 53.4 Å². The van der Waals surface area contributed by atoms with Gasteiger partial charge in [-0.1, -0.05) is 27.7 Å². The van der Waals surface area contributed by atoms with Crippen molar-refractivity contribution in [2.24, 2.45) is 11.8 Å². The normalized spacial score (nSPS) is 8.78. The van der Waals surface area contributed by atoms with E-state index in [9.17, 15) is 19.8 Å². The van der Waals surface area contributed by atoms with Crippen molar-refractivity contribution in [1.82, 2.24) is 0 Å². The van der Waals surface area contributed by atoms with E-state index in [0.717, 1.165) is 0 Å². The van der Waals surface area contributed by atoms with Gasteiger partial charge in [-0.2, -0.15) is 0 Å². The third-order valence-corrected chi connectivity index (χ3v) is 2.64. The zero-order chi connectivity index (χ0) is 13.1. The molecular weight excluding hydrogens is 254 g/mol. The van der Waals surface area contributed by atoms with Crippen molar-refractivity contribution < 1.29 is 78.9 Å². The zero-order valence-corrected chi connectivity index (χ0v) is 16.6.